The maximum atomic E-state index is 12.4. The molecule has 5 N–H and O–H groups in total. The number of carbonyl (C=O) groups excluding carboxylic acids is 2. The van der Waals surface area contributed by atoms with Crippen molar-refractivity contribution in [3.63, 3.8) is 0 Å². The second kappa shape index (κ2) is 12.8. The number of rotatable bonds is 6. The largest absolute Gasteiger partial charge is 0.462 e. The molecule has 0 spiro atoms. The van der Waals surface area contributed by atoms with Crippen LogP contribution in [-0.4, -0.2) is 30.3 Å². The van der Waals surface area contributed by atoms with E-state index in [0.29, 0.717) is 74.5 Å². The van der Waals surface area contributed by atoms with Crippen molar-refractivity contribution in [1.29, 1.82) is 0 Å². The Labute approximate surface area is 265 Å². The second-order valence-corrected chi connectivity index (χ2v) is 12.4. The molecule has 1 saturated carbocycles. The van der Waals surface area contributed by atoms with E-state index in [-0.39, 0.29) is 12.6 Å². The maximum Gasteiger partial charge on any atom is 0.342 e. The molecule has 0 bridgehead atoms. The van der Waals surface area contributed by atoms with E-state index in [9.17, 15) is 14.7 Å². The molecule has 0 saturated heterocycles. The van der Waals surface area contributed by atoms with Crippen LogP contribution in [0.4, 0.5) is 11.4 Å². The fourth-order valence-electron chi connectivity index (χ4n) is 5.69. The van der Waals surface area contributed by atoms with E-state index in [1.807, 2.05) is 6.07 Å². The molecule has 228 valence electrons. The van der Waals surface area contributed by atoms with Gasteiger partial charge in [-0.2, -0.15) is 0 Å². The molecule has 4 aromatic rings. The number of nitrogens with two attached hydrogens (primary N) is 2. The summed E-state index contributed by atoms with van der Waals surface area (Å²) in [7, 11) is 0. The average Bonchev–Trinajstić information content (AvgIpc) is 3.76. The topological polar surface area (TPSA) is 151 Å². The van der Waals surface area contributed by atoms with Gasteiger partial charge in [0.15, 0.2) is 5.76 Å². The van der Waals surface area contributed by atoms with Gasteiger partial charge in [-0.3, -0.25) is 0 Å². The third-order valence-electron chi connectivity index (χ3n) is 7.76. The quantitative estimate of drug-likeness (QED) is 0.132. The summed E-state index contributed by atoms with van der Waals surface area (Å²) in [5.74, 6) is 0.0957. The molecule has 2 aromatic carbocycles. The molecule has 0 aliphatic heterocycles. The molecule has 1 fully saturated rings. The third kappa shape index (κ3) is 6.07. The number of halogens is 2. The lowest BCUT2D eigenvalue weighted by Crippen LogP contribution is -2.23. The minimum absolute atomic E-state index is 0.263. The zero-order chi connectivity index (χ0) is 30.9. The van der Waals surface area contributed by atoms with Gasteiger partial charge in [0.2, 0.25) is 0 Å². The van der Waals surface area contributed by atoms with E-state index < -0.39 is 11.6 Å². The van der Waals surface area contributed by atoms with E-state index in [1.165, 1.54) is 0 Å². The molecule has 2 aliphatic carbocycles. The predicted octanol–water partition coefficient (Wildman–Crippen LogP) is 8.24. The van der Waals surface area contributed by atoms with Gasteiger partial charge in [0, 0.05) is 43.2 Å². The number of anilines is 2. The Balaban J connectivity index is 0.000000171. The van der Waals surface area contributed by atoms with Crippen LogP contribution in [0.25, 0.3) is 27.5 Å². The number of nitrogen functional groups attached to an aromatic ring is 2. The SMILES string of the molecule is CCOC(=O)c1c(C2(O)CCCC2)oc2cc(N)c(Br)cc12.CCOC(=O)c1c(C2=CCCC2)oc2cc(N)c(Br)cc12. The Hall–Kier alpha value is -3.28. The molecular formula is C32H34Br2N2O7. The Bertz CT molecular complexity index is 1730. The van der Waals surface area contributed by atoms with Crippen molar-refractivity contribution in [1.82, 2.24) is 0 Å². The normalized spacial score (nSPS) is 15.8. The van der Waals surface area contributed by atoms with E-state index in [0.717, 1.165) is 47.5 Å². The van der Waals surface area contributed by atoms with E-state index >= 15 is 0 Å². The monoisotopic (exact) mass is 716 g/mol. The van der Waals surface area contributed by atoms with Gasteiger partial charge in [-0.1, -0.05) is 6.08 Å². The Kier molecular flexibility index (Phi) is 9.24. The minimum atomic E-state index is -1.11. The molecule has 0 atom stereocenters. The van der Waals surface area contributed by atoms with Crippen LogP contribution in [0.15, 0.2) is 48.1 Å². The first-order valence-corrected chi connectivity index (χ1v) is 16.0. The minimum Gasteiger partial charge on any atom is -0.462 e. The number of esters is 2. The fourth-order valence-corrected chi connectivity index (χ4v) is 6.38. The first kappa shape index (κ1) is 31.2. The van der Waals surface area contributed by atoms with E-state index in [4.69, 9.17) is 29.8 Å². The molecular weight excluding hydrogens is 684 g/mol. The van der Waals surface area contributed by atoms with Crippen molar-refractivity contribution >= 4 is 82.7 Å². The highest BCUT2D eigenvalue weighted by molar-refractivity contribution is 9.11. The molecule has 0 unspecified atom stereocenters. The number of hydrogen-bond acceptors (Lipinski definition) is 9. The Morgan fingerprint density at radius 3 is 1.93 bits per heavy atom. The number of fused-ring (bicyclic) bond motifs is 2. The summed E-state index contributed by atoms with van der Waals surface area (Å²) >= 11 is 6.76. The molecule has 0 amide bonds. The number of carbonyl (C=O) groups is 2. The zero-order valence-electron chi connectivity index (χ0n) is 24.1. The van der Waals surface area contributed by atoms with Crippen LogP contribution in [0.3, 0.4) is 0 Å². The molecule has 0 radical (unpaired) electrons. The second-order valence-electron chi connectivity index (χ2n) is 10.7. The van der Waals surface area contributed by atoms with Crippen LogP contribution in [0, 0.1) is 0 Å². The fraction of sp³-hybridized carbons (Fsp3) is 0.375. The Morgan fingerprint density at radius 2 is 1.40 bits per heavy atom. The van der Waals surface area contributed by atoms with Crippen LogP contribution < -0.4 is 11.5 Å². The van der Waals surface area contributed by atoms with Crippen LogP contribution in [0.1, 0.15) is 91.0 Å². The van der Waals surface area contributed by atoms with Crippen molar-refractivity contribution in [3.8, 4) is 0 Å². The maximum absolute atomic E-state index is 12.4. The number of allylic oxidation sites excluding steroid dienone is 2. The van der Waals surface area contributed by atoms with Gasteiger partial charge in [-0.15, -0.1) is 0 Å². The van der Waals surface area contributed by atoms with Crippen LogP contribution >= 0.6 is 31.9 Å². The van der Waals surface area contributed by atoms with Gasteiger partial charge in [-0.25, -0.2) is 9.59 Å². The molecule has 9 nitrogen and oxygen atoms in total. The summed E-state index contributed by atoms with van der Waals surface area (Å²) in [6.07, 6.45) is 8.11. The van der Waals surface area contributed by atoms with Gasteiger partial charge in [0.05, 0.1) is 13.2 Å². The summed E-state index contributed by atoms with van der Waals surface area (Å²) in [6.45, 7) is 4.14. The van der Waals surface area contributed by atoms with Gasteiger partial charge < -0.3 is 34.9 Å². The average molecular weight is 718 g/mol. The van der Waals surface area contributed by atoms with Gasteiger partial charge >= 0.3 is 11.9 Å². The van der Waals surface area contributed by atoms with Crippen molar-refractivity contribution in [2.24, 2.45) is 0 Å². The van der Waals surface area contributed by atoms with Gasteiger partial charge in [0.1, 0.15) is 33.7 Å². The smallest absolute Gasteiger partial charge is 0.342 e. The molecule has 43 heavy (non-hydrogen) atoms. The number of benzene rings is 2. The lowest BCUT2D eigenvalue weighted by atomic mass is 9.94. The van der Waals surface area contributed by atoms with Crippen molar-refractivity contribution in [2.75, 3.05) is 24.7 Å². The van der Waals surface area contributed by atoms with Gasteiger partial charge in [-0.05, 0) is 108 Å². The molecule has 6 rings (SSSR count). The molecule has 2 aromatic heterocycles. The van der Waals surface area contributed by atoms with Gasteiger partial charge in [0.25, 0.3) is 0 Å². The van der Waals surface area contributed by atoms with E-state index in [2.05, 4.69) is 37.9 Å². The number of hydrogen-bond donors (Lipinski definition) is 3. The predicted molar refractivity (Wildman–Crippen MR) is 173 cm³/mol. The van der Waals surface area contributed by atoms with Crippen LogP contribution in [0.2, 0.25) is 0 Å². The Morgan fingerprint density at radius 1 is 0.860 bits per heavy atom. The summed E-state index contributed by atoms with van der Waals surface area (Å²) in [5, 5.41) is 12.2. The van der Waals surface area contributed by atoms with Crippen molar-refractivity contribution in [2.45, 2.75) is 64.4 Å². The first-order chi connectivity index (χ1) is 20.6. The third-order valence-corrected chi connectivity index (χ3v) is 9.13. The number of aliphatic hydroxyl groups is 1. The highest BCUT2D eigenvalue weighted by Crippen LogP contribution is 2.45. The van der Waals surface area contributed by atoms with E-state index in [1.54, 1.807) is 32.0 Å². The zero-order valence-corrected chi connectivity index (χ0v) is 27.2. The van der Waals surface area contributed by atoms with Crippen LogP contribution in [-0.2, 0) is 15.1 Å². The molecule has 2 aliphatic rings. The summed E-state index contributed by atoms with van der Waals surface area (Å²) in [5.41, 5.74) is 14.7. The lowest BCUT2D eigenvalue weighted by Gasteiger charge is -2.20. The van der Waals surface area contributed by atoms with Crippen molar-refractivity contribution < 1.29 is 33.0 Å². The summed E-state index contributed by atoms with van der Waals surface area (Å²) in [6, 6.07) is 6.95. The summed E-state index contributed by atoms with van der Waals surface area (Å²) < 4.78 is 23.5. The standard InChI is InChI=1S/C16H18BrNO4.C16H16BrNO3/c1-2-21-15(19)13-9-7-10(17)11(18)8-12(9)22-14(13)16(20)5-3-4-6-16;1-2-20-16(19)14-10-7-11(17)12(18)8-13(10)21-15(14)9-5-3-4-6-9/h7-8,20H,2-6,18H2,1H3;5,7-8H,2-4,6,18H2,1H3. The first-order valence-electron chi connectivity index (χ1n) is 14.4. The lowest BCUT2D eigenvalue weighted by molar-refractivity contribution is 0.0195. The highest BCUT2D eigenvalue weighted by atomic mass is 79.9. The van der Waals surface area contributed by atoms with Crippen LogP contribution in [0.5, 0.6) is 0 Å². The number of ether oxygens (including phenoxy) is 2. The number of furan rings is 2. The summed E-state index contributed by atoms with van der Waals surface area (Å²) in [4.78, 5) is 24.7. The highest BCUT2D eigenvalue weighted by Gasteiger charge is 2.41. The van der Waals surface area contributed by atoms with Crippen molar-refractivity contribution in [3.05, 3.63) is 61.9 Å². The molecule has 11 heteroatoms. The molecule has 2 heterocycles.